The third-order valence-electron chi connectivity index (χ3n) is 4.10. The smallest absolute Gasteiger partial charge is 0.285 e. The number of fused-ring (bicyclic) bond motifs is 1. The average molecular weight is 435 g/mol. The van der Waals surface area contributed by atoms with Crippen LogP contribution in [0.4, 0.5) is 11.4 Å². The minimum atomic E-state index is -4.17. The fourth-order valence-corrected chi connectivity index (χ4v) is 3.89. The maximum Gasteiger partial charge on any atom is 0.285 e. The molecule has 2 aromatic carbocycles. The van der Waals surface area contributed by atoms with Gasteiger partial charge in [-0.2, -0.15) is 13.5 Å². The highest BCUT2D eigenvalue weighted by Crippen LogP contribution is 2.34. The number of benzene rings is 2. The lowest BCUT2D eigenvalue weighted by atomic mass is 10.1. The molecule has 13 nitrogen and oxygen atoms in total. The minimum Gasteiger partial charge on any atom is -0.504 e. The predicted octanol–water partition coefficient (Wildman–Crippen LogP) is 1.63. The number of methoxy groups -OCH3 is 1. The van der Waals surface area contributed by atoms with Gasteiger partial charge in [0.05, 0.1) is 29.2 Å². The van der Waals surface area contributed by atoms with Crippen LogP contribution in [0.1, 0.15) is 11.1 Å². The SMILES string of the molecule is COc1cc([N+](=O)[O-])cc(/C=N\N(C)C2=NS(=O)(=O)c3cc([N+](=O)[O-])ccc32)c1O. The third kappa shape index (κ3) is 3.62. The van der Waals surface area contributed by atoms with Crippen molar-refractivity contribution in [2.24, 2.45) is 9.50 Å². The Morgan fingerprint density at radius 3 is 2.43 bits per heavy atom. The summed E-state index contributed by atoms with van der Waals surface area (Å²) >= 11 is 0. The largest absolute Gasteiger partial charge is 0.504 e. The Morgan fingerprint density at radius 2 is 1.83 bits per heavy atom. The summed E-state index contributed by atoms with van der Waals surface area (Å²) in [7, 11) is -1.59. The van der Waals surface area contributed by atoms with E-state index in [9.17, 15) is 33.8 Å². The molecule has 0 amide bonds. The van der Waals surface area contributed by atoms with Gasteiger partial charge in [0.25, 0.3) is 21.4 Å². The third-order valence-corrected chi connectivity index (χ3v) is 5.40. The second-order valence-corrected chi connectivity index (χ2v) is 7.51. The van der Waals surface area contributed by atoms with Crippen molar-refractivity contribution in [3.05, 3.63) is 61.7 Å². The molecule has 0 saturated carbocycles. The van der Waals surface area contributed by atoms with Crippen LogP contribution < -0.4 is 4.74 Å². The van der Waals surface area contributed by atoms with Crippen LogP contribution in [-0.2, 0) is 10.0 Å². The van der Waals surface area contributed by atoms with E-state index in [4.69, 9.17) is 4.74 Å². The fraction of sp³-hybridized carbons (Fsp3) is 0.125. The lowest BCUT2D eigenvalue weighted by Gasteiger charge is -2.13. The molecule has 0 bridgehead atoms. The minimum absolute atomic E-state index is 0.0572. The highest BCUT2D eigenvalue weighted by atomic mass is 32.2. The number of hydrogen-bond donors (Lipinski definition) is 1. The molecule has 0 atom stereocenters. The Labute approximate surface area is 168 Å². The van der Waals surface area contributed by atoms with Gasteiger partial charge in [0.15, 0.2) is 17.3 Å². The number of rotatable bonds is 5. The summed E-state index contributed by atoms with van der Waals surface area (Å²) in [6.07, 6.45) is 1.06. The van der Waals surface area contributed by atoms with E-state index in [0.717, 1.165) is 35.5 Å². The van der Waals surface area contributed by atoms with Gasteiger partial charge in [-0.25, -0.2) is 5.01 Å². The van der Waals surface area contributed by atoms with Gasteiger partial charge in [-0.05, 0) is 6.07 Å². The van der Waals surface area contributed by atoms with E-state index in [2.05, 4.69) is 9.50 Å². The number of nitrogens with zero attached hydrogens (tertiary/aromatic N) is 5. The molecule has 30 heavy (non-hydrogen) atoms. The number of sulfonamides is 1. The molecular weight excluding hydrogens is 422 g/mol. The van der Waals surface area contributed by atoms with Crippen molar-refractivity contribution in [1.29, 1.82) is 0 Å². The van der Waals surface area contributed by atoms with E-state index in [1.54, 1.807) is 0 Å². The number of nitro groups is 2. The second-order valence-electron chi connectivity index (χ2n) is 5.94. The van der Waals surface area contributed by atoms with Gasteiger partial charge in [-0.3, -0.25) is 20.2 Å². The van der Waals surface area contributed by atoms with Crippen molar-refractivity contribution in [3.63, 3.8) is 0 Å². The van der Waals surface area contributed by atoms with Crippen LogP contribution in [0.5, 0.6) is 11.5 Å². The van der Waals surface area contributed by atoms with Gasteiger partial charge in [0, 0.05) is 36.4 Å². The molecule has 1 aliphatic rings. The monoisotopic (exact) mass is 435 g/mol. The Hall–Kier alpha value is -4.07. The summed E-state index contributed by atoms with van der Waals surface area (Å²) in [5, 5.41) is 37.1. The molecule has 0 saturated heterocycles. The number of non-ortho nitro benzene ring substituents is 2. The highest BCUT2D eigenvalue weighted by molar-refractivity contribution is 7.90. The summed E-state index contributed by atoms with van der Waals surface area (Å²) < 4.78 is 33.0. The molecular formula is C16H13N5O8S. The Morgan fingerprint density at radius 1 is 1.17 bits per heavy atom. The molecule has 0 radical (unpaired) electrons. The van der Waals surface area contributed by atoms with Gasteiger partial charge in [0.2, 0.25) is 0 Å². The van der Waals surface area contributed by atoms with Crippen LogP contribution >= 0.6 is 0 Å². The number of phenolic OH excluding ortho intramolecular Hbond substituents is 1. The quantitative estimate of drug-likeness (QED) is 0.415. The summed E-state index contributed by atoms with van der Waals surface area (Å²) in [5.41, 5.74) is -0.722. The van der Waals surface area contributed by atoms with Crippen molar-refractivity contribution in [3.8, 4) is 11.5 Å². The number of amidine groups is 1. The maximum absolute atomic E-state index is 12.3. The zero-order valence-corrected chi connectivity index (χ0v) is 16.2. The zero-order chi connectivity index (χ0) is 22.2. The second kappa shape index (κ2) is 7.40. The van der Waals surface area contributed by atoms with E-state index in [-0.39, 0.29) is 33.3 Å². The summed E-state index contributed by atoms with van der Waals surface area (Å²) in [6, 6.07) is 5.35. The molecule has 0 aliphatic carbocycles. The van der Waals surface area contributed by atoms with Crippen molar-refractivity contribution < 1.29 is 28.1 Å². The molecule has 1 heterocycles. The number of phenols is 1. The van der Waals surface area contributed by atoms with Gasteiger partial charge in [-0.15, -0.1) is 4.40 Å². The average Bonchev–Trinajstić information content (AvgIpc) is 2.97. The lowest BCUT2D eigenvalue weighted by Crippen LogP contribution is -2.21. The van der Waals surface area contributed by atoms with Crippen molar-refractivity contribution in [2.45, 2.75) is 4.90 Å². The van der Waals surface area contributed by atoms with E-state index < -0.39 is 31.3 Å². The van der Waals surface area contributed by atoms with Crippen LogP contribution in [-0.4, -0.2) is 54.6 Å². The first-order valence-electron chi connectivity index (χ1n) is 8.02. The Kier molecular flexibility index (Phi) is 5.09. The van der Waals surface area contributed by atoms with Gasteiger partial charge >= 0.3 is 0 Å². The number of hydrogen-bond acceptors (Lipinski definition) is 10. The maximum atomic E-state index is 12.3. The highest BCUT2D eigenvalue weighted by Gasteiger charge is 2.33. The summed E-state index contributed by atoms with van der Waals surface area (Å²) in [6.45, 7) is 0. The van der Waals surface area contributed by atoms with E-state index in [1.165, 1.54) is 20.2 Å². The number of aromatic hydroxyl groups is 1. The van der Waals surface area contributed by atoms with Crippen LogP contribution in [0.3, 0.4) is 0 Å². The van der Waals surface area contributed by atoms with Gasteiger partial charge < -0.3 is 9.84 Å². The van der Waals surface area contributed by atoms with E-state index in [0.29, 0.717) is 0 Å². The van der Waals surface area contributed by atoms with Crippen molar-refractivity contribution in [1.82, 2.24) is 5.01 Å². The standard InChI is InChI=1S/C16H13N5O8S/c1-19(17-8-9-5-11(21(25)26)6-13(29-2)15(9)22)16-12-4-3-10(20(23)24)7-14(12)30(27,28)18-16/h3-8,22H,1-2H3/b17-8-. The van der Waals surface area contributed by atoms with Crippen molar-refractivity contribution in [2.75, 3.05) is 14.2 Å². The Balaban J connectivity index is 1.99. The Bertz CT molecular complexity index is 1240. The first kappa shape index (κ1) is 20.7. The summed E-state index contributed by atoms with van der Waals surface area (Å²) in [5.74, 6) is -0.669. The fourth-order valence-electron chi connectivity index (χ4n) is 2.65. The molecule has 0 aromatic heterocycles. The molecule has 1 N–H and O–H groups in total. The molecule has 156 valence electrons. The zero-order valence-electron chi connectivity index (χ0n) is 15.4. The number of hydrazone groups is 1. The number of nitro benzene ring substituents is 2. The lowest BCUT2D eigenvalue weighted by molar-refractivity contribution is -0.385. The topological polar surface area (TPSA) is 178 Å². The normalized spacial score (nSPS) is 14.3. The summed E-state index contributed by atoms with van der Waals surface area (Å²) in [4.78, 5) is 20.2. The predicted molar refractivity (Wildman–Crippen MR) is 103 cm³/mol. The molecule has 14 heteroatoms. The van der Waals surface area contributed by atoms with Crippen LogP contribution in [0.15, 0.2) is 44.7 Å². The molecule has 0 unspecified atom stereocenters. The van der Waals surface area contributed by atoms with Gasteiger partial charge in [-0.1, -0.05) is 0 Å². The van der Waals surface area contributed by atoms with Crippen molar-refractivity contribution >= 4 is 33.4 Å². The van der Waals surface area contributed by atoms with Gasteiger partial charge in [0.1, 0.15) is 4.90 Å². The van der Waals surface area contributed by atoms with Crippen LogP contribution in [0.25, 0.3) is 0 Å². The van der Waals surface area contributed by atoms with E-state index >= 15 is 0 Å². The molecule has 2 aromatic rings. The first-order chi connectivity index (χ1) is 14.0. The van der Waals surface area contributed by atoms with Crippen LogP contribution in [0.2, 0.25) is 0 Å². The molecule has 1 aliphatic heterocycles. The molecule has 0 fully saturated rings. The number of ether oxygens (including phenoxy) is 1. The molecule has 0 spiro atoms. The van der Waals surface area contributed by atoms with E-state index in [1.807, 2.05) is 0 Å². The molecule has 3 rings (SSSR count). The first-order valence-corrected chi connectivity index (χ1v) is 9.46. The van der Waals surface area contributed by atoms with Crippen LogP contribution in [0, 0.1) is 20.2 Å².